The number of nitrogens with one attached hydrogen (secondary N) is 1. The van der Waals surface area contributed by atoms with Gasteiger partial charge in [-0.3, -0.25) is 4.79 Å². The molecule has 0 aliphatic heterocycles. The van der Waals surface area contributed by atoms with Crippen LogP contribution in [0.3, 0.4) is 0 Å². The lowest BCUT2D eigenvalue weighted by Crippen LogP contribution is -2.45. The molecule has 0 saturated heterocycles. The Labute approximate surface area is 120 Å². The van der Waals surface area contributed by atoms with Gasteiger partial charge in [-0.05, 0) is 47.0 Å². The standard InChI is InChI=1S/C13H15BrClNO2/c14-10-6-5-8(15)7-9(10)13(18)16-11-3-1-2-4-12(11)17/h5-7,11-12,17H,1-4H2,(H,16,18). The fraction of sp³-hybridized carbons (Fsp3) is 0.462. The second-order valence-corrected chi connectivity index (χ2v) is 5.85. The van der Waals surface area contributed by atoms with Crippen molar-refractivity contribution < 1.29 is 9.90 Å². The van der Waals surface area contributed by atoms with Crippen LogP contribution in [0.15, 0.2) is 22.7 Å². The van der Waals surface area contributed by atoms with Crippen molar-refractivity contribution in [3.63, 3.8) is 0 Å². The fourth-order valence-electron chi connectivity index (χ4n) is 2.20. The Morgan fingerprint density at radius 3 is 2.83 bits per heavy atom. The Kier molecular flexibility index (Phi) is 4.65. The average molecular weight is 333 g/mol. The van der Waals surface area contributed by atoms with Gasteiger partial charge in [0.05, 0.1) is 17.7 Å². The van der Waals surface area contributed by atoms with Crippen molar-refractivity contribution in [2.24, 2.45) is 0 Å². The number of aliphatic hydroxyl groups excluding tert-OH is 1. The molecule has 0 spiro atoms. The molecule has 1 saturated carbocycles. The van der Waals surface area contributed by atoms with Crippen molar-refractivity contribution in [1.29, 1.82) is 0 Å². The van der Waals surface area contributed by atoms with Gasteiger partial charge in [-0.1, -0.05) is 24.4 Å². The van der Waals surface area contributed by atoms with E-state index in [1.165, 1.54) is 0 Å². The Morgan fingerprint density at radius 2 is 2.11 bits per heavy atom. The molecule has 2 atom stereocenters. The third-order valence-electron chi connectivity index (χ3n) is 3.22. The van der Waals surface area contributed by atoms with E-state index in [0.717, 1.165) is 25.7 Å². The van der Waals surface area contributed by atoms with Crippen LogP contribution >= 0.6 is 27.5 Å². The molecule has 18 heavy (non-hydrogen) atoms. The molecule has 1 aliphatic rings. The number of amides is 1. The molecule has 1 amide bonds. The zero-order chi connectivity index (χ0) is 13.1. The van der Waals surface area contributed by atoms with Crippen molar-refractivity contribution in [1.82, 2.24) is 5.32 Å². The predicted molar refractivity (Wildman–Crippen MR) is 74.9 cm³/mol. The highest BCUT2D eigenvalue weighted by atomic mass is 79.9. The number of hydrogen-bond acceptors (Lipinski definition) is 2. The zero-order valence-corrected chi connectivity index (χ0v) is 12.2. The molecular formula is C13H15BrClNO2. The third-order valence-corrected chi connectivity index (χ3v) is 4.15. The molecular weight excluding hydrogens is 318 g/mol. The van der Waals surface area contributed by atoms with E-state index in [1.807, 2.05) is 0 Å². The summed E-state index contributed by atoms with van der Waals surface area (Å²) in [6.07, 6.45) is 3.19. The van der Waals surface area contributed by atoms with E-state index in [-0.39, 0.29) is 11.9 Å². The largest absolute Gasteiger partial charge is 0.391 e. The van der Waals surface area contributed by atoms with Crippen LogP contribution in [0.2, 0.25) is 5.02 Å². The van der Waals surface area contributed by atoms with Crippen molar-refractivity contribution in [3.05, 3.63) is 33.3 Å². The van der Waals surface area contributed by atoms with E-state index >= 15 is 0 Å². The molecule has 5 heteroatoms. The summed E-state index contributed by atoms with van der Waals surface area (Å²) in [5.74, 6) is -0.199. The van der Waals surface area contributed by atoms with Crippen LogP contribution < -0.4 is 5.32 Å². The molecule has 1 aromatic rings. The van der Waals surface area contributed by atoms with Gasteiger partial charge in [0, 0.05) is 9.50 Å². The van der Waals surface area contributed by atoms with E-state index in [9.17, 15) is 9.90 Å². The van der Waals surface area contributed by atoms with Crippen LogP contribution in [0.25, 0.3) is 0 Å². The summed E-state index contributed by atoms with van der Waals surface area (Å²) in [6, 6.07) is 4.93. The van der Waals surface area contributed by atoms with E-state index in [2.05, 4.69) is 21.2 Å². The minimum atomic E-state index is -0.444. The maximum absolute atomic E-state index is 12.1. The molecule has 98 valence electrons. The summed E-state index contributed by atoms with van der Waals surface area (Å²) in [5, 5.41) is 13.2. The Morgan fingerprint density at radius 1 is 1.39 bits per heavy atom. The highest BCUT2D eigenvalue weighted by Gasteiger charge is 2.25. The number of hydrogen-bond donors (Lipinski definition) is 2. The van der Waals surface area contributed by atoms with E-state index < -0.39 is 6.10 Å². The molecule has 0 radical (unpaired) electrons. The lowest BCUT2D eigenvalue weighted by atomic mass is 9.92. The highest BCUT2D eigenvalue weighted by molar-refractivity contribution is 9.10. The molecule has 1 aromatic carbocycles. The minimum absolute atomic E-state index is 0.155. The van der Waals surface area contributed by atoms with Crippen LogP contribution in [0.1, 0.15) is 36.0 Å². The first kappa shape index (κ1) is 13.8. The maximum Gasteiger partial charge on any atom is 0.252 e. The Hall–Kier alpha value is -0.580. The van der Waals surface area contributed by atoms with Crippen LogP contribution in [0, 0.1) is 0 Å². The van der Waals surface area contributed by atoms with Gasteiger partial charge in [0.25, 0.3) is 5.91 Å². The monoisotopic (exact) mass is 331 g/mol. The Bertz CT molecular complexity index is 453. The van der Waals surface area contributed by atoms with Crippen LogP contribution in [0.5, 0.6) is 0 Å². The SMILES string of the molecule is O=C(NC1CCCCC1O)c1cc(Cl)ccc1Br. The first-order chi connectivity index (χ1) is 8.58. The smallest absolute Gasteiger partial charge is 0.252 e. The molecule has 1 fully saturated rings. The van der Waals surface area contributed by atoms with Gasteiger partial charge in [0.1, 0.15) is 0 Å². The number of carbonyl (C=O) groups is 1. The van der Waals surface area contributed by atoms with Crippen molar-refractivity contribution in [3.8, 4) is 0 Å². The van der Waals surface area contributed by atoms with Gasteiger partial charge in [-0.2, -0.15) is 0 Å². The lowest BCUT2D eigenvalue weighted by molar-refractivity contribution is 0.0716. The highest BCUT2D eigenvalue weighted by Crippen LogP contribution is 2.23. The summed E-state index contributed by atoms with van der Waals surface area (Å²) >= 11 is 9.21. The quantitative estimate of drug-likeness (QED) is 0.874. The average Bonchev–Trinajstić information content (AvgIpc) is 2.35. The van der Waals surface area contributed by atoms with Crippen LogP contribution in [-0.2, 0) is 0 Å². The number of aliphatic hydroxyl groups is 1. The molecule has 0 heterocycles. The van der Waals surface area contributed by atoms with Crippen molar-refractivity contribution in [2.45, 2.75) is 37.8 Å². The predicted octanol–water partition coefficient (Wildman–Crippen LogP) is 3.14. The van der Waals surface area contributed by atoms with E-state index in [4.69, 9.17) is 11.6 Å². The first-order valence-corrected chi connectivity index (χ1v) is 7.19. The molecule has 1 aliphatic carbocycles. The summed E-state index contributed by atoms with van der Waals surface area (Å²) < 4.78 is 0.703. The normalized spacial score (nSPS) is 23.7. The molecule has 0 bridgehead atoms. The summed E-state index contributed by atoms with van der Waals surface area (Å²) in [5.41, 5.74) is 0.500. The zero-order valence-electron chi connectivity index (χ0n) is 9.83. The number of halogens is 2. The lowest BCUT2D eigenvalue weighted by Gasteiger charge is -2.28. The second-order valence-electron chi connectivity index (χ2n) is 4.56. The molecule has 2 rings (SSSR count). The second kappa shape index (κ2) is 6.04. The molecule has 2 N–H and O–H groups in total. The summed E-state index contributed by atoms with van der Waals surface area (Å²) in [4.78, 5) is 12.1. The number of rotatable bonds is 2. The third kappa shape index (κ3) is 3.25. The number of benzene rings is 1. The Balaban J connectivity index is 2.09. The first-order valence-electron chi connectivity index (χ1n) is 6.02. The summed E-state index contributed by atoms with van der Waals surface area (Å²) in [6.45, 7) is 0. The molecule has 0 aromatic heterocycles. The molecule has 3 nitrogen and oxygen atoms in total. The fourth-order valence-corrected chi connectivity index (χ4v) is 2.80. The van der Waals surface area contributed by atoms with Gasteiger partial charge in [0.15, 0.2) is 0 Å². The van der Waals surface area contributed by atoms with Gasteiger partial charge in [-0.15, -0.1) is 0 Å². The maximum atomic E-state index is 12.1. The van der Waals surface area contributed by atoms with Crippen molar-refractivity contribution >= 4 is 33.4 Å². The van der Waals surface area contributed by atoms with Gasteiger partial charge >= 0.3 is 0 Å². The van der Waals surface area contributed by atoms with Gasteiger partial charge in [-0.25, -0.2) is 0 Å². The van der Waals surface area contributed by atoms with Crippen molar-refractivity contribution in [2.75, 3.05) is 0 Å². The minimum Gasteiger partial charge on any atom is -0.391 e. The molecule has 2 unspecified atom stereocenters. The van der Waals surface area contributed by atoms with E-state index in [0.29, 0.717) is 15.1 Å². The number of carbonyl (C=O) groups excluding carboxylic acids is 1. The van der Waals surface area contributed by atoms with Gasteiger partial charge < -0.3 is 10.4 Å². The van der Waals surface area contributed by atoms with E-state index in [1.54, 1.807) is 18.2 Å². The van der Waals surface area contributed by atoms with Gasteiger partial charge in [0.2, 0.25) is 0 Å². The van der Waals surface area contributed by atoms with Crippen LogP contribution in [0.4, 0.5) is 0 Å². The topological polar surface area (TPSA) is 49.3 Å². The van der Waals surface area contributed by atoms with Crippen LogP contribution in [-0.4, -0.2) is 23.2 Å². The summed E-state index contributed by atoms with van der Waals surface area (Å²) in [7, 11) is 0.